The van der Waals surface area contributed by atoms with Crippen LogP contribution in [0.5, 0.6) is 0 Å². The number of esters is 4. The van der Waals surface area contributed by atoms with Gasteiger partial charge in [-0.05, 0) is 124 Å². The Morgan fingerprint density at radius 2 is 1.32 bits per heavy atom. The van der Waals surface area contributed by atoms with Gasteiger partial charge < -0.3 is 87.8 Å². The summed E-state index contributed by atoms with van der Waals surface area (Å²) < 4.78 is 21.3. The molecule has 5 amide bonds. The van der Waals surface area contributed by atoms with Crippen LogP contribution in [-0.4, -0.2) is 191 Å². The highest BCUT2D eigenvalue weighted by Crippen LogP contribution is 2.52. The standard InChI is InChI=1S/C66H85N15O17S2/c1-10-36-32(2)44-26-49-40-18-15-39(62(93)96-8)57(63(94)97-9)66(40,6)52(78-49)28-45-34(4)37(16-19-55(86)95-7)48(77-45)27-47-38(33(3)43(76-47)25-46(36)75-44)17-20-56(87)98-23-24-99-100-31-51(74-35(5)82)60(90)80-41(13-11-21-71-64(67)68)58(88)73-30-53(83)79-50(29-54(84)85)59(89)81-42(61(91)92)14-12-22-72-65(69)70/h10,15,18,25-28,41-42,50-51,57,75,77H,1,11-14,16-17,19-24,29-31H2,2-9H3,(H,73,88)(H,74,82)(H,79,83)(H,80,90)(H,81,89)(H,84,85)(H,91,92)(H4,67,68,71)(H4,69,70,72)/t41-,42?,50-,51?,57-,66+/m0/s1. The van der Waals surface area contributed by atoms with E-state index in [1.165, 1.54) is 39.0 Å². The third-order valence-corrected chi connectivity index (χ3v) is 19.2. The molecule has 34 heteroatoms. The molecular formula is C66H85N15O17S2. The number of amides is 5. The summed E-state index contributed by atoms with van der Waals surface area (Å²) >= 11 is 0. The molecule has 1 aliphatic carbocycles. The average Bonchev–Trinajstić information content (AvgIpc) is 1.52. The number of aromatic nitrogens is 4. The quantitative estimate of drug-likeness (QED) is 0.0100. The lowest BCUT2D eigenvalue weighted by Gasteiger charge is -2.36. The molecule has 0 spiro atoms. The maximum Gasteiger partial charge on any atom is 0.334 e. The lowest BCUT2D eigenvalue weighted by Crippen LogP contribution is -2.56. The zero-order valence-electron chi connectivity index (χ0n) is 56.6. The third kappa shape index (κ3) is 20.5. The molecule has 8 bridgehead atoms. The molecule has 0 radical (unpaired) electrons. The number of guanidine groups is 2. The van der Waals surface area contributed by atoms with E-state index in [9.17, 15) is 63.0 Å². The van der Waals surface area contributed by atoms with E-state index in [4.69, 9.17) is 51.2 Å². The van der Waals surface area contributed by atoms with Crippen LogP contribution < -0.4 is 48.7 Å². The molecule has 3 aromatic heterocycles. The predicted octanol–water partition coefficient (Wildman–Crippen LogP) is 2.72. The fourth-order valence-corrected chi connectivity index (χ4v) is 13.6. The Kier molecular flexibility index (Phi) is 28.5. The summed E-state index contributed by atoms with van der Waals surface area (Å²) in [6.45, 7) is 12.2. The molecule has 5 heterocycles. The van der Waals surface area contributed by atoms with Gasteiger partial charge in [0.1, 0.15) is 36.7 Å². The van der Waals surface area contributed by atoms with E-state index in [2.05, 4.69) is 53.8 Å². The average molecular weight is 1420 g/mol. The predicted molar refractivity (Wildman–Crippen MR) is 374 cm³/mol. The summed E-state index contributed by atoms with van der Waals surface area (Å²) in [6, 6.07) is 1.57. The number of carbonyl (C=O) groups excluding carboxylic acids is 9. The summed E-state index contributed by atoms with van der Waals surface area (Å²) in [6.07, 6.45) is 4.50. The molecule has 538 valence electrons. The third-order valence-electron chi connectivity index (χ3n) is 16.8. The molecule has 17 N–H and O–H groups in total. The highest BCUT2D eigenvalue weighted by atomic mass is 33.1. The Bertz CT molecular complexity index is 4010. The number of aryl methyl sites for hydroxylation is 3. The van der Waals surface area contributed by atoms with Gasteiger partial charge in [-0.1, -0.05) is 46.4 Å². The van der Waals surface area contributed by atoms with Crippen molar-refractivity contribution in [2.24, 2.45) is 17.4 Å². The number of hydrogen-bond donors (Lipinski definition) is 15. The number of nitrogens with one attached hydrogen (secondary N) is 11. The Labute approximate surface area is 583 Å². The van der Waals surface area contributed by atoms with Crippen molar-refractivity contribution in [1.82, 2.24) is 57.2 Å². The first-order valence-corrected chi connectivity index (χ1v) is 34.1. The fourth-order valence-electron chi connectivity index (χ4n) is 11.6. The van der Waals surface area contributed by atoms with Crippen molar-refractivity contribution in [3.63, 3.8) is 0 Å². The van der Waals surface area contributed by atoms with Gasteiger partial charge in [0.05, 0.1) is 68.1 Å². The molecule has 2 aliphatic heterocycles. The van der Waals surface area contributed by atoms with Gasteiger partial charge in [-0.2, -0.15) is 0 Å². The van der Waals surface area contributed by atoms with Crippen LogP contribution in [0.2, 0.25) is 0 Å². The van der Waals surface area contributed by atoms with Crippen LogP contribution in [-0.2, 0) is 83.5 Å². The van der Waals surface area contributed by atoms with Gasteiger partial charge in [-0.15, -0.1) is 0 Å². The first-order chi connectivity index (χ1) is 47.4. The molecule has 6 rings (SSSR count). The van der Waals surface area contributed by atoms with Gasteiger partial charge >= 0.3 is 35.8 Å². The van der Waals surface area contributed by atoms with Crippen LogP contribution in [0, 0.1) is 30.6 Å². The second-order valence-electron chi connectivity index (χ2n) is 23.6. The number of ether oxygens (including phenoxy) is 4. The van der Waals surface area contributed by atoms with Crippen molar-refractivity contribution in [3.05, 3.63) is 93.6 Å². The lowest BCUT2D eigenvalue weighted by atomic mass is 9.64. The number of hydrogen-bond acceptors (Lipinski definition) is 21. The Balaban J connectivity index is 1.17. The number of rotatable bonds is 35. The smallest absolute Gasteiger partial charge is 0.334 e. The summed E-state index contributed by atoms with van der Waals surface area (Å²) in [7, 11) is 6.17. The molecule has 0 saturated carbocycles. The topological polar surface area (TPSA) is 506 Å². The largest absolute Gasteiger partial charge is 0.481 e. The minimum atomic E-state index is -1.78. The molecular weight excluding hydrogens is 1340 g/mol. The number of fused-ring (bicyclic) bond motifs is 11. The Morgan fingerprint density at radius 1 is 0.700 bits per heavy atom. The van der Waals surface area contributed by atoms with Crippen LogP contribution in [0.1, 0.15) is 117 Å². The number of H-pyrrole nitrogens is 2. The van der Waals surface area contributed by atoms with Crippen LogP contribution in [0.4, 0.5) is 0 Å². The van der Waals surface area contributed by atoms with Crippen LogP contribution in [0.15, 0.2) is 48.6 Å². The molecule has 32 nitrogen and oxygen atoms in total. The number of allylic oxidation sites excluding steroid dienone is 5. The van der Waals surface area contributed by atoms with Crippen molar-refractivity contribution in [1.29, 1.82) is 10.8 Å². The minimum absolute atomic E-state index is 0.0230. The number of nitrogens with two attached hydrogens (primary N) is 2. The fraction of sp³-hybridized carbons (Fsp3) is 0.439. The number of methoxy groups -OCH3 is 3. The zero-order chi connectivity index (χ0) is 73.7. The molecule has 2 unspecified atom stereocenters. The summed E-state index contributed by atoms with van der Waals surface area (Å²) in [5, 5.41) is 50.8. The second-order valence-corrected chi connectivity index (χ2v) is 26.2. The minimum Gasteiger partial charge on any atom is -0.481 e. The Morgan fingerprint density at radius 3 is 1.94 bits per heavy atom. The van der Waals surface area contributed by atoms with E-state index < -0.39 is 114 Å². The summed E-state index contributed by atoms with van der Waals surface area (Å²) in [4.78, 5) is 161. The molecule has 6 atom stereocenters. The van der Waals surface area contributed by atoms with Gasteiger partial charge in [0, 0.05) is 72.0 Å². The number of aliphatic carboxylic acids is 2. The molecule has 0 aromatic carbocycles. The van der Waals surface area contributed by atoms with E-state index in [1.807, 2.05) is 52.0 Å². The monoisotopic (exact) mass is 1420 g/mol. The van der Waals surface area contributed by atoms with Crippen molar-refractivity contribution >= 4 is 144 Å². The van der Waals surface area contributed by atoms with E-state index >= 15 is 0 Å². The number of carboxylic acids is 2. The highest BCUT2D eigenvalue weighted by Gasteiger charge is 2.54. The summed E-state index contributed by atoms with van der Waals surface area (Å²) in [5.74, 6) is -11.5. The Hall–Kier alpha value is -10.5. The maximum atomic E-state index is 14.0. The molecule has 0 fully saturated rings. The SMILES string of the molecule is C=Cc1c(C)c2cc3nc(cc4[nH]c(cc5nc(cc1[nH]2)C(C)=C5CCC(=O)OCCSSCC(NC(C)=O)C(=O)N[C@@H](CCCNC(=N)N)C(=O)NCC(=O)N[C@@H](CC(=O)O)C(=O)NC(CCCNC(=N)N)C(=O)O)c(CCC(=O)OC)c4C)[C@@]1(C)C3=CC=C(C(=O)OC)[C@H]1C(=O)OC. The normalized spacial score (nSPS) is 15.7. The number of nitrogens with zero attached hydrogens (tertiary/aromatic N) is 2. The molecule has 3 aliphatic rings. The van der Waals surface area contributed by atoms with Gasteiger partial charge in [-0.25, -0.2) is 14.6 Å². The maximum absolute atomic E-state index is 14.0. The highest BCUT2D eigenvalue weighted by molar-refractivity contribution is 8.76. The van der Waals surface area contributed by atoms with Crippen molar-refractivity contribution in [2.45, 2.75) is 122 Å². The first-order valence-electron chi connectivity index (χ1n) is 31.6. The molecule has 100 heavy (non-hydrogen) atoms. The first kappa shape index (κ1) is 78.5. The number of carbonyl (C=O) groups is 11. The van der Waals surface area contributed by atoms with Crippen LogP contribution in [0.3, 0.4) is 0 Å². The van der Waals surface area contributed by atoms with Crippen LogP contribution in [0.25, 0.3) is 44.9 Å². The van der Waals surface area contributed by atoms with Crippen LogP contribution >= 0.6 is 21.6 Å². The molecule has 0 saturated heterocycles. The second kappa shape index (κ2) is 36.4. The van der Waals surface area contributed by atoms with E-state index in [0.717, 1.165) is 44.2 Å². The van der Waals surface area contributed by atoms with Gasteiger partial charge in [0.25, 0.3) is 0 Å². The summed E-state index contributed by atoms with van der Waals surface area (Å²) in [5.41, 5.74) is 19.3. The number of carboxylic acid groups (broad SMARTS) is 2. The van der Waals surface area contributed by atoms with E-state index in [1.54, 1.807) is 18.2 Å². The zero-order valence-corrected chi connectivity index (χ0v) is 58.3. The van der Waals surface area contributed by atoms with Crippen molar-refractivity contribution in [2.75, 3.05) is 59.1 Å². The van der Waals surface area contributed by atoms with Gasteiger partial charge in [0.2, 0.25) is 29.5 Å². The number of aromatic amines is 2. The van der Waals surface area contributed by atoms with Gasteiger partial charge in [0.15, 0.2) is 11.9 Å². The van der Waals surface area contributed by atoms with Crippen molar-refractivity contribution < 1.29 is 81.9 Å². The van der Waals surface area contributed by atoms with E-state index in [-0.39, 0.29) is 100 Å². The van der Waals surface area contributed by atoms with Gasteiger partial charge in [-0.3, -0.25) is 59.0 Å². The lowest BCUT2D eigenvalue weighted by molar-refractivity contribution is -0.149. The van der Waals surface area contributed by atoms with E-state index in [0.29, 0.717) is 50.4 Å². The molecule has 3 aromatic rings. The van der Waals surface area contributed by atoms with Crippen molar-refractivity contribution in [3.8, 4) is 0 Å².